The summed E-state index contributed by atoms with van der Waals surface area (Å²) < 4.78 is 0. The van der Waals surface area contributed by atoms with Crippen LogP contribution in [0.4, 0.5) is 0 Å². The van der Waals surface area contributed by atoms with Crippen molar-refractivity contribution in [1.82, 2.24) is 0 Å². The van der Waals surface area contributed by atoms with Crippen molar-refractivity contribution in [3.05, 3.63) is 0 Å². The van der Waals surface area contributed by atoms with E-state index in [1.165, 1.54) is 0 Å². The molecule has 0 atom stereocenters. The third-order valence-electron chi connectivity index (χ3n) is 0.711. The van der Waals surface area contributed by atoms with Gasteiger partial charge in [0.15, 0.2) is 0 Å². The third kappa shape index (κ3) is 3.59. The number of hydrogen-bond donors (Lipinski definition) is 2. The minimum Gasteiger partial charge on any atom is -0.368 e. The molecule has 0 aromatic carbocycles. The van der Waals surface area contributed by atoms with E-state index in [2.05, 4.69) is 21.7 Å². The number of hydrogen-bond acceptors (Lipinski definition) is 1. The minimum atomic E-state index is 0.0368. The van der Waals surface area contributed by atoms with Crippen LogP contribution in [0.5, 0.6) is 0 Å². The summed E-state index contributed by atoms with van der Waals surface area (Å²) in [6.07, 6.45) is 0. The summed E-state index contributed by atoms with van der Waals surface area (Å²) in [7, 11) is 0. The molecule has 0 radical (unpaired) electrons. The summed E-state index contributed by atoms with van der Waals surface area (Å²) >= 11 is 0. The quantitative estimate of drug-likeness (QED) is 0.375. The molecular formula is C5H11N5. The van der Waals surface area contributed by atoms with Crippen molar-refractivity contribution >= 4 is 18.6 Å². The maximum absolute atomic E-state index is 5.26. The van der Waals surface area contributed by atoms with Gasteiger partial charge in [0.05, 0.1) is 0 Å². The molecule has 0 aromatic heterocycles. The predicted molar refractivity (Wildman–Crippen MR) is 43.3 cm³/mol. The largest absolute Gasteiger partial charge is 0.368 e. The average molecular weight is 141 g/mol. The van der Waals surface area contributed by atoms with Gasteiger partial charge in [-0.3, -0.25) is 4.99 Å². The molecule has 0 aliphatic rings. The van der Waals surface area contributed by atoms with E-state index in [9.17, 15) is 0 Å². The van der Waals surface area contributed by atoms with Gasteiger partial charge in [0.2, 0.25) is 11.9 Å². The molecule has 0 saturated carbocycles. The second-order valence-corrected chi connectivity index (χ2v) is 1.46. The first kappa shape index (κ1) is 8.61. The maximum atomic E-state index is 5.26. The second-order valence-electron chi connectivity index (χ2n) is 1.46. The number of nitrogens with zero attached hydrogens (tertiary/aromatic N) is 3. The molecule has 4 N–H and O–H groups in total. The first-order valence-electron chi connectivity index (χ1n) is 2.81. The van der Waals surface area contributed by atoms with E-state index in [-0.39, 0.29) is 11.9 Å². The Balaban J connectivity index is 4.11. The third-order valence-corrected chi connectivity index (χ3v) is 0.711. The van der Waals surface area contributed by atoms with Crippen molar-refractivity contribution < 1.29 is 0 Å². The minimum absolute atomic E-state index is 0.0368. The van der Waals surface area contributed by atoms with E-state index in [1.807, 2.05) is 6.92 Å². The maximum Gasteiger partial charge on any atom is 0.222 e. The molecule has 0 unspecified atom stereocenters. The summed E-state index contributed by atoms with van der Waals surface area (Å²) in [5.41, 5.74) is 10.4. The summed E-state index contributed by atoms with van der Waals surface area (Å²) in [5, 5.41) is 0. The topological polar surface area (TPSA) is 89.1 Å². The first-order chi connectivity index (χ1) is 4.70. The van der Waals surface area contributed by atoms with Crippen LogP contribution in [0.1, 0.15) is 6.92 Å². The number of nitrogens with two attached hydrogens (primary N) is 2. The normalized spacial score (nSPS) is 13.3. The Morgan fingerprint density at radius 1 is 1.40 bits per heavy atom. The Bertz CT molecular complexity index is 169. The fraction of sp³-hybridized carbons (Fsp3) is 0.400. The van der Waals surface area contributed by atoms with Gasteiger partial charge >= 0.3 is 0 Å². The Labute approximate surface area is 59.6 Å². The summed E-state index contributed by atoms with van der Waals surface area (Å²) in [4.78, 5) is 10.7. The highest BCUT2D eigenvalue weighted by molar-refractivity contribution is 5.94. The van der Waals surface area contributed by atoms with Gasteiger partial charge in [0.1, 0.15) is 0 Å². The van der Waals surface area contributed by atoms with E-state index < -0.39 is 0 Å². The van der Waals surface area contributed by atoms with Gasteiger partial charge in [-0.2, -0.15) is 4.99 Å². The fourth-order valence-corrected chi connectivity index (χ4v) is 0.350. The van der Waals surface area contributed by atoms with E-state index in [4.69, 9.17) is 11.5 Å². The van der Waals surface area contributed by atoms with Gasteiger partial charge in [-0.15, -0.1) is 0 Å². The van der Waals surface area contributed by atoms with Crippen LogP contribution < -0.4 is 11.5 Å². The van der Waals surface area contributed by atoms with Gasteiger partial charge in [0.25, 0.3) is 0 Å². The average Bonchev–Trinajstić information content (AvgIpc) is 1.88. The molecule has 0 aliphatic carbocycles. The van der Waals surface area contributed by atoms with Crippen LogP contribution in [0.25, 0.3) is 0 Å². The van der Waals surface area contributed by atoms with Gasteiger partial charge in [0, 0.05) is 6.54 Å². The van der Waals surface area contributed by atoms with E-state index in [0.29, 0.717) is 6.54 Å². The molecule has 0 aliphatic heterocycles. The molecule has 0 spiro atoms. The summed E-state index contributed by atoms with van der Waals surface area (Å²) in [6.45, 7) is 5.59. The van der Waals surface area contributed by atoms with Crippen LogP contribution in [0.15, 0.2) is 15.0 Å². The van der Waals surface area contributed by atoms with Crippen molar-refractivity contribution in [2.75, 3.05) is 6.54 Å². The highest BCUT2D eigenvalue weighted by Gasteiger charge is 1.86. The van der Waals surface area contributed by atoms with Crippen molar-refractivity contribution in [3.63, 3.8) is 0 Å². The Morgan fingerprint density at radius 2 is 2.00 bits per heavy atom. The fourth-order valence-electron chi connectivity index (χ4n) is 0.350. The van der Waals surface area contributed by atoms with Crippen molar-refractivity contribution in [2.45, 2.75) is 6.92 Å². The van der Waals surface area contributed by atoms with Crippen molar-refractivity contribution in [2.24, 2.45) is 26.4 Å². The van der Waals surface area contributed by atoms with Crippen LogP contribution in [-0.2, 0) is 0 Å². The molecule has 10 heavy (non-hydrogen) atoms. The number of aliphatic imine (C=N–C) groups is 3. The lowest BCUT2D eigenvalue weighted by molar-refractivity contribution is 1.11. The van der Waals surface area contributed by atoms with Gasteiger partial charge < -0.3 is 11.5 Å². The van der Waals surface area contributed by atoms with Crippen LogP contribution in [0, 0.1) is 0 Å². The van der Waals surface area contributed by atoms with Crippen molar-refractivity contribution in [1.29, 1.82) is 0 Å². The zero-order valence-corrected chi connectivity index (χ0v) is 5.91. The number of rotatable bonds is 1. The molecule has 0 heterocycles. The van der Waals surface area contributed by atoms with Crippen LogP contribution >= 0.6 is 0 Å². The Hall–Kier alpha value is -1.39. The molecule has 0 bridgehead atoms. The van der Waals surface area contributed by atoms with Crippen molar-refractivity contribution in [3.8, 4) is 0 Å². The SMILES string of the molecule is C=N/C(N)=N\C(N)=NCC. The molecule has 0 fully saturated rings. The molecule has 0 saturated heterocycles. The highest BCUT2D eigenvalue weighted by atomic mass is 15.1. The standard InChI is InChI=1S/C5H11N5/c1-3-9-5(7)10-4(6)8-2/h2-3H2,1H3,(H4,6,7,9,10). The molecule has 5 heteroatoms. The Morgan fingerprint density at radius 3 is 2.40 bits per heavy atom. The smallest absolute Gasteiger partial charge is 0.222 e. The lowest BCUT2D eigenvalue weighted by Gasteiger charge is -1.90. The van der Waals surface area contributed by atoms with E-state index in [0.717, 1.165) is 0 Å². The van der Waals surface area contributed by atoms with Crippen LogP contribution in [0.2, 0.25) is 0 Å². The summed E-state index contributed by atoms with van der Waals surface area (Å²) in [5.74, 6) is 0.169. The lowest BCUT2D eigenvalue weighted by atomic mass is 10.8. The van der Waals surface area contributed by atoms with E-state index >= 15 is 0 Å². The second kappa shape index (κ2) is 4.49. The van der Waals surface area contributed by atoms with E-state index in [1.54, 1.807) is 0 Å². The number of guanidine groups is 2. The van der Waals surface area contributed by atoms with Gasteiger partial charge in [-0.1, -0.05) is 0 Å². The Kier molecular flexibility index (Phi) is 3.86. The lowest BCUT2D eigenvalue weighted by Crippen LogP contribution is -2.16. The molecule has 0 aromatic rings. The molecule has 0 rings (SSSR count). The van der Waals surface area contributed by atoms with Gasteiger partial charge in [-0.05, 0) is 13.6 Å². The van der Waals surface area contributed by atoms with Crippen LogP contribution in [0.3, 0.4) is 0 Å². The first-order valence-corrected chi connectivity index (χ1v) is 2.81. The predicted octanol–water partition coefficient (Wildman–Crippen LogP) is -0.664. The van der Waals surface area contributed by atoms with Crippen LogP contribution in [-0.4, -0.2) is 25.2 Å². The molecule has 56 valence electrons. The highest BCUT2D eigenvalue weighted by Crippen LogP contribution is 1.74. The zero-order chi connectivity index (χ0) is 7.98. The molecule has 5 nitrogen and oxygen atoms in total. The monoisotopic (exact) mass is 141 g/mol. The molecule has 0 amide bonds. The molecular weight excluding hydrogens is 130 g/mol. The van der Waals surface area contributed by atoms with Gasteiger partial charge in [-0.25, -0.2) is 4.99 Å². The summed E-state index contributed by atoms with van der Waals surface area (Å²) in [6, 6.07) is 0. The zero-order valence-electron chi connectivity index (χ0n) is 5.91.